The largest absolute Gasteiger partial charge is 0.370 e. The highest BCUT2D eigenvalue weighted by atomic mass is 15.2. The summed E-state index contributed by atoms with van der Waals surface area (Å²) in [5, 5.41) is 0. The second-order valence-electron chi connectivity index (χ2n) is 6.24. The van der Waals surface area contributed by atoms with Crippen LogP contribution in [-0.2, 0) is 0 Å². The number of hydrogen-bond acceptors (Lipinski definition) is 3. The fourth-order valence-corrected chi connectivity index (χ4v) is 3.36. The molecule has 0 amide bonds. The van der Waals surface area contributed by atoms with Crippen molar-refractivity contribution in [3.05, 3.63) is 24.0 Å². The van der Waals surface area contributed by atoms with E-state index in [-0.39, 0.29) is 0 Å². The number of pyridine rings is 1. The molecule has 0 aliphatic carbocycles. The van der Waals surface area contributed by atoms with E-state index in [1.165, 1.54) is 37.6 Å². The van der Waals surface area contributed by atoms with E-state index < -0.39 is 0 Å². The number of rotatable bonds is 2. The maximum Gasteiger partial charge on any atom is 0.0553 e. The number of hydrogen-bond donors (Lipinski definition) is 0. The molecule has 2 aliphatic heterocycles. The molecule has 0 N–H and O–H groups in total. The highest BCUT2D eigenvalue weighted by Crippen LogP contribution is 2.33. The first-order valence-electron chi connectivity index (χ1n) is 7.03. The van der Waals surface area contributed by atoms with E-state index in [1.54, 1.807) is 0 Å². The summed E-state index contributed by atoms with van der Waals surface area (Å²) >= 11 is 0. The van der Waals surface area contributed by atoms with Crippen LogP contribution in [0, 0.1) is 11.8 Å². The molecule has 2 unspecified atom stereocenters. The van der Waals surface area contributed by atoms with Crippen LogP contribution in [0.25, 0.3) is 0 Å². The van der Waals surface area contributed by atoms with Crippen LogP contribution in [-0.4, -0.2) is 43.1 Å². The van der Waals surface area contributed by atoms with Crippen molar-refractivity contribution in [2.45, 2.75) is 19.8 Å². The zero-order valence-electron chi connectivity index (χ0n) is 11.6. The summed E-state index contributed by atoms with van der Waals surface area (Å²) in [4.78, 5) is 9.56. The molecule has 18 heavy (non-hydrogen) atoms. The lowest BCUT2D eigenvalue weighted by atomic mass is 10.0. The van der Waals surface area contributed by atoms with Crippen molar-refractivity contribution in [1.29, 1.82) is 0 Å². The van der Waals surface area contributed by atoms with E-state index in [0.29, 0.717) is 5.92 Å². The van der Waals surface area contributed by atoms with Gasteiger partial charge >= 0.3 is 0 Å². The van der Waals surface area contributed by atoms with Crippen LogP contribution in [0.1, 0.15) is 25.5 Å². The number of fused-ring (bicyclic) bond motifs is 1. The smallest absolute Gasteiger partial charge is 0.0553 e. The van der Waals surface area contributed by atoms with Crippen LogP contribution in [0.15, 0.2) is 18.3 Å². The van der Waals surface area contributed by atoms with Gasteiger partial charge in [-0.1, -0.05) is 13.8 Å². The maximum absolute atomic E-state index is 4.58. The van der Waals surface area contributed by atoms with Crippen LogP contribution in [0.2, 0.25) is 0 Å². The molecule has 0 spiro atoms. The van der Waals surface area contributed by atoms with Crippen LogP contribution in [0.4, 0.5) is 5.69 Å². The van der Waals surface area contributed by atoms with Crippen molar-refractivity contribution in [3.63, 3.8) is 0 Å². The molecule has 3 rings (SSSR count). The van der Waals surface area contributed by atoms with E-state index in [4.69, 9.17) is 0 Å². The summed E-state index contributed by atoms with van der Waals surface area (Å²) in [6.07, 6.45) is 2.06. The normalized spacial score (nSPS) is 28.1. The molecule has 0 saturated carbocycles. The van der Waals surface area contributed by atoms with Crippen LogP contribution in [0.3, 0.4) is 0 Å². The Labute approximate surface area is 110 Å². The third-order valence-electron chi connectivity index (χ3n) is 4.40. The van der Waals surface area contributed by atoms with Crippen LogP contribution in [0.5, 0.6) is 0 Å². The molecule has 2 fully saturated rings. The summed E-state index contributed by atoms with van der Waals surface area (Å²) in [6, 6.07) is 4.42. The molecule has 2 atom stereocenters. The van der Waals surface area contributed by atoms with Gasteiger partial charge < -0.3 is 9.80 Å². The van der Waals surface area contributed by atoms with Gasteiger partial charge in [-0.25, -0.2) is 0 Å². The van der Waals surface area contributed by atoms with Gasteiger partial charge in [-0.15, -0.1) is 0 Å². The zero-order valence-corrected chi connectivity index (χ0v) is 11.6. The summed E-state index contributed by atoms with van der Waals surface area (Å²) in [6.45, 7) is 9.32. The first kappa shape index (κ1) is 12.0. The summed E-state index contributed by atoms with van der Waals surface area (Å²) in [5.74, 6) is 2.24. The van der Waals surface area contributed by atoms with Gasteiger partial charge in [0.05, 0.1) is 11.9 Å². The van der Waals surface area contributed by atoms with Crippen molar-refractivity contribution >= 4 is 5.69 Å². The third-order valence-corrected chi connectivity index (χ3v) is 4.40. The molecule has 2 saturated heterocycles. The van der Waals surface area contributed by atoms with Gasteiger partial charge in [-0.3, -0.25) is 4.98 Å². The van der Waals surface area contributed by atoms with Crippen LogP contribution >= 0.6 is 0 Å². The van der Waals surface area contributed by atoms with Gasteiger partial charge in [0.1, 0.15) is 0 Å². The van der Waals surface area contributed by atoms with E-state index >= 15 is 0 Å². The van der Waals surface area contributed by atoms with Gasteiger partial charge in [-0.05, 0) is 36.9 Å². The number of likely N-dealkylation sites (tertiary alicyclic amines) is 1. The Morgan fingerprint density at radius 1 is 1.11 bits per heavy atom. The minimum atomic E-state index is 0.519. The van der Waals surface area contributed by atoms with E-state index in [1.807, 2.05) is 0 Å². The molecule has 0 aromatic carbocycles. The monoisotopic (exact) mass is 245 g/mol. The Bertz CT molecular complexity index is 398. The Morgan fingerprint density at radius 2 is 1.78 bits per heavy atom. The van der Waals surface area contributed by atoms with Gasteiger partial charge in [0.2, 0.25) is 0 Å². The predicted octanol–water partition coefficient (Wildman–Crippen LogP) is 2.20. The first-order chi connectivity index (χ1) is 8.63. The van der Waals surface area contributed by atoms with Gasteiger partial charge in [0.15, 0.2) is 0 Å². The van der Waals surface area contributed by atoms with Crippen molar-refractivity contribution in [2.75, 3.05) is 38.1 Å². The fraction of sp³-hybridized carbons (Fsp3) is 0.667. The maximum atomic E-state index is 4.58. The molecule has 2 aliphatic rings. The predicted molar refractivity (Wildman–Crippen MR) is 75.0 cm³/mol. The van der Waals surface area contributed by atoms with Crippen molar-refractivity contribution in [1.82, 2.24) is 9.88 Å². The van der Waals surface area contributed by atoms with Crippen molar-refractivity contribution < 1.29 is 0 Å². The van der Waals surface area contributed by atoms with Crippen molar-refractivity contribution in [3.8, 4) is 0 Å². The molecular formula is C15H23N3. The number of nitrogens with zero attached hydrogens (tertiary/aromatic N) is 3. The lowest BCUT2D eigenvalue weighted by Gasteiger charge is -2.21. The van der Waals surface area contributed by atoms with E-state index in [0.717, 1.165) is 11.8 Å². The molecule has 3 nitrogen and oxygen atoms in total. The first-order valence-corrected chi connectivity index (χ1v) is 7.03. The third kappa shape index (κ3) is 2.12. The molecule has 0 radical (unpaired) electrons. The second-order valence-corrected chi connectivity index (χ2v) is 6.24. The van der Waals surface area contributed by atoms with Crippen molar-refractivity contribution in [2.24, 2.45) is 11.8 Å². The second kappa shape index (κ2) is 4.54. The van der Waals surface area contributed by atoms with Crippen LogP contribution < -0.4 is 4.90 Å². The average molecular weight is 245 g/mol. The Balaban J connectivity index is 1.70. The van der Waals surface area contributed by atoms with Gasteiger partial charge in [0.25, 0.3) is 0 Å². The van der Waals surface area contributed by atoms with E-state index in [9.17, 15) is 0 Å². The fourth-order valence-electron chi connectivity index (χ4n) is 3.36. The Hall–Kier alpha value is -1.09. The SMILES string of the molecule is CC(C)c1ccc(N2CC3CN(C)CC3C2)cn1. The summed E-state index contributed by atoms with van der Waals surface area (Å²) < 4.78 is 0. The lowest BCUT2D eigenvalue weighted by Crippen LogP contribution is -2.26. The minimum Gasteiger partial charge on any atom is -0.370 e. The average Bonchev–Trinajstić information content (AvgIpc) is 2.86. The Morgan fingerprint density at radius 3 is 2.28 bits per heavy atom. The van der Waals surface area contributed by atoms with Gasteiger partial charge in [0, 0.05) is 31.9 Å². The summed E-state index contributed by atoms with van der Waals surface area (Å²) in [7, 11) is 2.24. The topological polar surface area (TPSA) is 19.4 Å². The number of anilines is 1. The molecule has 1 aromatic rings. The standard InChI is InChI=1S/C15H23N3/c1-11(2)15-5-4-14(6-16-15)18-9-12-7-17(3)8-13(12)10-18/h4-6,11-13H,7-10H2,1-3H3. The molecular weight excluding hydrogens is 222 g/mol. The lowest BCUT2D eigenvalue weighted by molar-refractivity contribution is 0.387. The van der Waals surface area contributed by atoms with Gasteiger partial charge in [-0.2, -0.15) is 0 Å². The quantitative estimate of drug-likeness (QED) is 0.796. The zero-order chi connectivity index (χ0) is 12.7. The minimum absolute atomic E-state index is 0.519. The molecule has 0 bridgehead atoms. The van der Waals surface area contributed by atoms with E-state index in [2.05, 4.69) is 54.0 Å². The highest BCUT2D eigenvalue weighted by molar-refractivity contribution is 5.46. The molecule has 1 aromatic heterocycles. The summed E-state index contributed by atoms with van der Waals surface area (Å²) in [5.41, 5.74) is 2.49. The molecule has 3 heteroatoms. The molecule has 98 valence electrons. The highest BCUT2D eigenvalue weighted by Gasteiger charge is 2.38. The number of aromatic nitrogens is 1. The molecule has 3 heterocycles. The Kier molecular flexibility index (Phi) is 3.02.